The zero-order chi connectivity index (χ0) is 12.8. The SMILES string of the molecule is NCCN(CCN1CCNC1=O)C1CCCCC1. The second-order valence-electron chi connectivity index (χ2n) is 5.34. The van der Waals surface area contributed by atoms with E-state index in [2.05, 4.69) is 10.2 Å². The highest BCUT2D eigenvalue weighted by Crippen LogP contribution is 2.22. The normalized spacial score (nSPS) is 21.7. The number of hydrogen-bond donors (Lipinski definition) is 2. The molecule has 1 saturated carbocycles. The van der Waals surface area contributed by atoms with Crippen LogP contribution < -0.4 is 11.1 Å². The van der Waals surface area contributed by atoms with Crippen LogP contribution in [0.2, 0.25) is 0 Å². The van der Waals surface area contributed by atoms with Gasteiger partial charge < -0.3 is 16.0 Å². The first-order chi connectivity index (χ1) is 8.81. The average molecular weight is 254 g/mol. The van der Waals surface area contributed by atoms with E-state index in [9.17, 15) is 4.79 Å². The maximum atomic E-state index is 11.5. The van der Waals surface area contributed by atoms with Crippen molar-refractivity contribution in [1.82, 2.24) is 15.1 Å². The Labute approximate surface area is 110 Å². The second-order valence-corrected chi connectivity index (χ2v) is 5.34. The van der Waals surface area contributed by atoms with Gasteiger partial charge in [-0.25, -0.2) is 4.79 Å². The number of nitrogens with two attached hydrogens (primary N) is 1. The minimum absolute atomic E-state index is 0.0892. The van der Waals surface area contributed by atoms with Crippen molar-refractivity contribution in [2.24, 2.45) is 5.73 Å². The summed E-state index contributed by atoms with van der Waals surface area (Å²) in [5.74, 6) is 0. The van der Waals surface area contributed by atoms with Gasteiger partial charge in [-0.2, -0.15) is 0 Å². The smallest absolute Gasteiger partial charge is 0.317 e. The lowest BCUT2D eigenvalue weighted by atomic mass is 9.94. The molecule has 1 saturated heterocycles. The van der Waals surface area contributed by atoms with Gasteiger partial charge in [0.1, 0.15) is 0 Å². The molecule has 5 heteroatoms. The highest BCUT2D eigenvalue weighted by Gasteiger charge is 2.23. The molecule has 18 heavy (non-hydrogen) atoms. The van der Waals surface area contributed by atoms with Crippen LogP contribution in [0.1, 0.15) is 32.1 Å². The molecular weight excluding hydrogens is 228 g/mol. The van der Waals surface area contributed by atoms with Crippen LogP contribution in [0.15, 0.2) is 0 Å². The lowest BCUT2D eigenvalue weighted by Gasteiger charge is -2.35. The van der Waals surface area contributed by atoms with Gasteiger partial charge in [-0.3, -0.25) is 4.90 Å². The van der Waals surface area contributed by atoms with E-state index in [1.807, 2.05) is 4.90 Å². The van der Waals surface area contributed by atoms with Crippen LogP contribution in [0, 0.1) is 0 Å². The zero-order valence-electron chi connectivity index (χ0n) is 11.2. The van der Waals surface area contributed by atoms with Gasteiger partial charge in [0, 0.05) is 45.3 Å². The topological polar surface area (TPSA) is 61.6 Å². The molecule has 0 aromatic heterocycles. The molecule has 1 heterocycles. The third-order valence-corrected chi connectivity index (χ3v) is 4.11. The molecule has 0 atom stereocenters. The summed E-state index contributed by atoms with van der Waals surface area (Å²) in [6.07, 6.45) is 6.66. The van der Waals surface area contributed by atoms with E-state index in [0.717, 1.165) is 32.7 Å². The molecule has 2 aliphatic rings. The van der Waals surface area contributed by atoms with Gasteiger partial charge in [0.25, 0.3) is 0 Å². The van der Waals surface area contributed by atoms with Gasteiger partial charge >= 0.3 is 6.03 Å². The molecule has 1 aliphatic heterocycles. The average Bonchev–Trinajstić information content (AvgIpc) is 2.81. The number of urea groups is 1. The van der Waals surface area contributed by atoms with Crippen molar-refractivity contribution in [3.63, 3.8) is 0 Å². The molecule has 3 N–H and O–H groups in total. The minimum atomic E-state index is 0.0892. The van der Waals surface area contributed by atoms with E-state index in [1.165, 1.54) is 32.1 Å². The van der Waals surface area contributed by atoms with E-state index in [4.69, 9.17) is 5.73 Å². The summed E-state index contributed by atoms with van der Waals surface area (Å²) in [6, 6.07) is 0.777. The highest BCUT2D eigenvalue weighted by atomic mass is 16.2. The van der Waals surface area contributed by atoms with E-state index in [-0.39, 0.29) is 6.03 Å². The first kappa shape index (κ1) is 13.6. The molecular formula is C13H26N4O. The predicted molar refractivity (Wildman–Crippen MR) is 72.5 cm³/mol. The van der Waals surface area contributed by atoms with Crippen LogP contribution in [0.3, 0.4) is 0 Å². The van der Waals surface area contributed by atoms with Crippen LogP contribution in [0.25, 0.3) is 0 Å². The van der Waals surface area contributed by atoms with Gasteiger partial charge in [-0.1, -0.05) is 19.3 Å². The third-order valence-electron chi connectivity index (χ3n) is 4.11. The fourth-order valence-corrected chi connectivity index (χ4v) is 3.06. The number of carbonyl (C=O) groups is 1. The molecule has 5 nitrogen and oxygen atoms in total. The Morgan fingerprint density at radius 2 is 2.06 bits per heavy atom. The maximum Gasteiger partial charge on any atom is 0.317 e. The van der Waals surface area contributed by atoms with Gasteiger partial charge in [-0.15, -0.1) is 0 Å². The zero-order valence-corrected chi connectivity index (χ0v) is 11.2. The number of hydrogen-bond acceptors (Lipinski definition) is 3. The third kappa shape index (κ3) is 3.59. The Morgan fingerprint density at radius 3 is 2.67 bits per heavy atom. The first-order valence-corrected chi connectivity index (χ1v) is 7.28. The Hall–Kier alpha value is -0.810. The van der Waals surface area contributed by atoms with Gasteiger partial charge in [0.2, 0.25) is 0 Å². The molecule has 1 aliphatic carbocycles. The number of rotatable bonds is 6. The van der Waals surface area contributed by atoms with Crippen molar-refractivity contribution in [1.29, 1.82) is 0 Å². The minimum Gasteiger partial charge on any atom is -0.336 e. The Balaban J connectivity index is 1.79. The molecule has 104 valence electrons. The second kappa shape index (κ2) is 6.95. The van der Waals surface area contributed by atoms with Crippen molar-refractivity contribution < 1.29 is 4.79 Å². The van der Waals surface area contributed by atoms with Gasteiger partial charge in [0.15, 0.2) is 0 Å². The lowest BCUT2D eigenvalue weighted by Crippen LogP contribution is -2.44. The van der Waals surface area contributed by atoms with Gasteiger partial charge in [-0.05, 0) is 12.8 Å². The molecule has 0 bridgehead atoms. The molecule has 0 spiro atoms. The first-order valence-electron chi connectivity index (χ1n) is 7.28. The molecule has 2 amide bonds. The number of nitrogens with zero attached hydrogens (tertiary/aromatic N) is 2. The summed E-state index contributed by atoms with van der Waals surface area (Å²) in [6.45, 7) is 5.11. The van der Waals surface area contributed by atoms with Crippen LogP contribution in [-0.2, 0) is 0 Å². The Morgan fingerprint density at radius 1 is 1.28 bits per heavy atom. The Kier molecular flexibility index (Phi) is 5.26. The monoisotopic (exact) mass is 254 g/mol. The largest absolute Gasteiger partial charge is 0.336 e. The summed E-state index contributed by atoms with van der Waals surface area (Å²) < 4.78 is 0. The van der Waals surface area contributed by atoms with Crippen LogP contribution in [-0.4, -0.2) is 61.1 Å². The van der Waals surface area contributed by atoms with E-state index in [1.54, 1.807) is 0 Å². The summed E-state index contributed by atoms with van der Waals surface area (Å²) >= 11 is 0. The van der Waals surface area contributed by atoms with E-state index in [0.29, 0.717) is 12.6 Å². The molecule has 0 unspecified atom stereocenters. The summed E-state index contributed by atoms with van der Waals surface area (Å²) in [5.41, 5.74) is 5.71. The highest BCUT2D eigenvalue weighted by molar-refractivity contribution is 5.76. The van der Waals surface area contributed by atoms with Crippen molar-refractivity contribution >= 4 is 6.03 Å². The molecule has 0 aromatic carbocycles. The van der Waals surface area contributed by atoms with E-state index >= 15 is 0 Å². The number of nitrogens with one attached hydrogen (secondary N) is 1. The van der Waals surface area contributed by atoms with Crippen LogP contribution >= 0.6 is 0 Å². The number of amides is 2. The maximum absolute atomic E-state index is 11.5. The molecule has 2 rings (SSSR count). The predicted octanol–water partition coefficient (Wildman–Crippen LogP) is 0.605. The van der Waals surface area contributed by atoms with Crippen molar-refractivity contribution in [2.75, 3.05) is 39.3 Å². The fourth-order valence-electron chi connectivity index (χ4n) is 3.06. The van der Waals surface area contributed by atoms with E-state index < -0.39 is 0 Å². The van der Waals surface area contributed by atoms with Crippen LogP contribution in [0.4, 0.5) is 4.79 Å². The quantitative estimate of drug-likeness (QED) is 0.730. The van der Waals surface area contributed by atoms with Crippen molar-refractivity contribution in [3.8, 4) is 0 Å². The molecule has 0 radical (unpaired) electrons. The van der Waals surface area contributed by atoms with Crippen molar-refractivity contribution in [3.05, 3.63) is 0 Å². The summed E-state index contributed by atoms with van der Waals surface area (Å²) in [4.78, 5) is 15.9. The number of carbonyl (C=O) groups excluding carboxylic acids is 1. The molecule has 2 fully saturated rings. The van der Waals surface area contributed by atoms with Gasteiger partial charge in [0.05, 0.1) is 0 Å². The molecule has 0 aromatic rings. The lowest BCUT2D eigenvalue weighted by molar-refractivity contribution is 0.144. The van der Waals surface area contributed by atoms with Crippen LogP contribution in [0.5, 0.6) is 0 Å². The standard InChI is InChI=1S/C13H26N4O/c14-6-8-16(12-4-2-1-3-5-12)10-11-17-9-7-15-13(17)18/h12H,1-11,14H2,(H,15,18). The summed E-state index contributed by atoms with van der Waals surface area (Å²) in [5, 5.41) is 2.85. The fraction of sp³-hybridized carbons (Fsp3) is 0.923. The summed E-state index contributed by atoms with van der Waals surface area (Å²) in [7, 11) is 0. The Bertz CT molecular complexity index is 266. The van der Waals surface area contributed by atoms with Crippen molar-refractivity contribution in [2.45, 2.75) is 38.1 Å².